The fourth-order valence-corrected chi connectivity index (χ4v) is 2.20. The lowest BCUT2D eigenvalue weighted by molar-refractivity contribution is -0.130. The highest BCUT2D eigenvalue weighted by atomic mass is 16.6. The number of ether oxygens (including phenoxy) is 1. The third-order valence-electron chi connectivity index (χ3n) is 3.43. The summed E-state index contributed by atoms with van der Waals surface area (Å²) in [6.07, 6.45) is 0.411. The third-order valence-corrected chi connectivity index (χ3v) is 3.43. The number of aliphatic hydroxyl groups is 2. The van der Waals surface area contributed by atoms with Gasteiger partial charge in [-0.3, -0.25) is 14.3 Å². The molecule has 0 amide bonds. The van der Waals surface area contributed by atoms with Crippen molar-refractivity contribution in [3.63, 3.8) is 0 Å². The molecule has 2 heterocycles. The Morgan fingerprint density at radius 2 is 2.33 bits per heavy atom. The number of nitrogens with zero attached hydrogens (tertiary/aromatic N) is 1. The van der Waals surface area contributed by atoms with E-state index in [0.29, 0.717) is 6.42 Å². The van der Waals surface area contributed by atoms with Crippen LogP contribution in [0.2, 0.25) is 0 Å². The Bertz CT molecular complexity index is 531. The van der Waals surface area contributed by atoms with Crippen LogP contribution in [0.4, 0.5) is 0 Å². The molecule has 100 valence electrons. The normalized spacial score (nSPS) is 31.7. The molecule has 1 aromatic rings. The molecule has 1 saturated heterocycles. The molecule has 3 N–H and O–H groups in total. The van der Waals surface area contributed by atoms with Gasteiger partial charge < -0.3 is 14.9 Å². The predicted molar refractivity (Wildman–Crippen MR) is 62.2 cm³/mol. The van der Waals surface area contributed by atoms with E-state index in [9.17, 15) is 19.8 Å². The number of H-pyrrole nitrogens is 1. The Hall–Kier alpha value is -1.44. The van der Waals surface area contributed by atoms with Crippen LogP contribution in [0.5, 0.6) is 0 Å². The van der Waals surface area contributed by atoms with Crippen LogP contribution >= 0.6 is 0 Å². The van der Waals surface area contributed by atoms with E-state index in [1.807, 2.05) is 0 Å². The van der Waals surface area contributed by atoms with Crippen LogP contribution in [-0.2, 0) is 4.74 Å². The van der Waals surface area contributed by atoms with Crippen molar-refractivity contribution in [1.29, 1.82) is 0 Å². The van der Waals surface area contributed by atoms with E-state index in [2.05, 4.69) is 4.98 Å². The highest BCUT2D eigenvalue weighted by molar-refractivity contribution is 4.96. The minimum atomic E-state index is -1.04. The van der Waals surface area contributed by atoms with Gasteiger partial charge in [0.25, 0.3) is 5.56 Å². The summed E-state index contributed by atoms with van der Waals surface area (Å²) in [6.45, 7) is 1.47. The van der Waals surface area contributed by atoms with E-state index in [4.69, 9.17) is 4.74 Å². The molecule has 2 rings (SSSR count). The largest absolute Gasteiger partial charge is 0.393 e. The molecule has 18 heavy (non-hydrogen) atoms. The molecular weight excluding hydrogens is 240 g/mol. The average Bonchev–Trinajstić information content (AvgIpc) is 2.67. The van der Waals surface area contributed by atoms with E-state index in [1.165, 1.54) is 16.8 Å². The summed E-state index contributed by atoms with van der Waals surface area (Å²) in [7, 11) is 0. The zero-order chi connectivity index (χ0) is 13.3. The molecule has 0 aromatic carbocycles. The van der Waals surface area contributed by atoms with Crippen molar-refractivity contribution in [2.24, 2.45) is 0 Å². The van der Waals surface area contributed by atoms with Crippen molar-refractivity contribution in [2.75, 3.05) is 6.61 Å². The second-order valence-electron chi connectivity index (χ2n) is 4.42. The number of rotatable bonds is 3. The molecule has 0 aliphatic carbocycles. The molecular formula is C11H16N2O5. The van der Waals surface area contributed by atoms with Crippen molar-refractivity contribution in [1.82, 2.24) is 9.55 Å². The van der Waals surface area contributed by atoms with Gasteiger partial charge in [-0.2, -0.15) is 0 Å². The number of hydrogen-bond acceptors (Lipinski definition) is 5. The molecule has 7 heteroatoms. The van der Waals surface area contributed by atoms with Crippen LogP contribution in [-0.4, -0.2) is 38.1 Å². The maximum atomic E-state index is 11.6. The van der Waals surface area contributed by atoms with Gasteiger partial charge in [0.05, 0.1) is 12.7 Å². The van der Waals surface area contributed by atoms with Crippen LogP contribution < -0.4 is 11.2 Å². The second-order valence-corrected chi connectivity index (χ2v) is 4.42. The van der Waals surface area contributed by atoms with E-state index in [1.54, 1.807) is 6.92 Å². The quantitative estimate of drug-likeness (QED) is 0.640. The zero-order valence-electron chi connectivity index (χ0n) is 10.00. The van der Waals surface area contributed by atoms with Crippen LogP contribution in [0, 0.1) is 0 Å². The van der Waals surface area contributed by atoms with Gasteiger partial charge in [-0.1, -0.05) is 6.92 Å². The van der Waals surface area contributed by atoms with Gasteiger partial charge in [0, 0.05) is 18.7 Å². The van der Waals surface area contributed by atoms with Gasteiger partial charge >= 0.3 is 5.69 Å². The molecule has 1 aliphatic rings. The molecule has 1 aliphatic heterocycles. The van der Waals surface area contributed by atoms with Gasteiger partial charge in [-0.15, -0.1) is 0 Å². The Balaban J connectivity index is 2.32. The molecule has 0 saturated carbocycles. The van der Waals surface area contributed by atoms with Gasteiger partial charge in [-0.05, 0) is 6.42 Å². The van der Waals surface area contributed by atoms with Crippen molar-refractivity contribution in [3.8, 4) is 0 Å². The predicted octanol–water partition coefficient (Wildman–Crippen LogP) is -1.04. The van der Waals surface area contributed by atoms with Crippen LogP contribution in [0.25, 0.3) is 0 Å². The lowest BCUT2D eigenvalue weighted by Crippen LogP contribution is -2.42. The number of aromatic amines is 1. The molecule has 0 bridgehead atoms. The number of aromatic nitrogens is 2. The Morgan fingerprint density at radius 3 is 2.83 bits per heavy atom. The van der Waals surface area contributed by atoms with Crippen LogP contribution in [0.3, 0.4) is 0 Å². The van der Waals surface area contributed by atoms with E-state index < -0.39 is 29.2 Å². The average molecular weight is 256 g/mol. The van der Waals surface area contributed by atoms with Crippen LogP contribution in [0.1, 0.15) is 26.0 Å². The molecule has 1 unspecified atom stereocenters. The van der Waals surface area contributed by atoms with Crippen molar-refractivity contribution in [3.05, 3.63) is 33.1 Å². The van der Waals surface area contributed by atoms with Gasteiger partial charge in [0.1, 0.15) is 11.8 Å². The van der Waals surface area contributed by atoms with E-state index in [0.717, 1.165) is 0 Å². The Morgan fingerprint density at radius 1 is 1.61 bits per heavy atom. The first-order valence-electron chi connectivity index (χ1n) is 5.80. The van der Waals surface area contributed by atoms with Gasteiger partial charge in [-0.25, -0.2) is 4.79 Å². The topological polar surface area (TPSA) is 105 Å². The number of nitrogens with one attached hydrogen (secondary N) is 1. The highest BCUT2D eigenvalue weighted by Crippen LogP contribution is 2.37. The Labute approximate surface area is 103 Å². The lowest BCUT2D eigenvalue weighted by atomic mass is 9.95. The smallest absolute Gasteiger partial charge is 0.330 e. The summed E-state index contributed by atoms with van der Waals surface area (Å²) >= 11 is 0. The number of aliphatic hydroxyl groups excluding tert-OH is 2. The third kappa shape index (κ3) is 2.00. The van der Waals surface area contributed by atoms with Crippen LogP contribution in [0.15, 0.2) is 21.9 Å². The first kappa shape index (κ1) is 13.0. The van der Waals surface area contributed by atoms with Gasteiger partial charge in [0.15, 0.2) is 0 Å². The molecule has 1 fully saturated rings. The fraction of sp³-hybridized carbons (Fsp3) is 0.636. The Kier molecular flexibility index (Phi) is 3.38. The van der Waals surface area contributed by atoms with E-state index >= 15 is 0 Å². The molecule has 0 spiro atoms. The summed E-state index contributed by atoms with van der Waals surface area (Å²) in [5.41, 5.74) is -2.12. The molecule has 7 nitrogen and oxygen atoms in total. The molecule has 0 radical (unpaired) electrons. The van der Waals surface area contributed by atoms with E-state index in [-0.39, 0.29) is 13.0 Å². The number of hydrogen-bond donors (Lipinski definition) is 3. The minimum Gasteiger partial charge on any atom is -0.393 e. The first-order chi connectivity index (χ1) is 8.52. The molecule has 1 aromatic heterocycles. The fourth-order valence-electron chi connectivity index (χ4n) is 2.20. The monoisotopic (exact) mass is 256 g/mol. The maximum Gasteiger partial charge on any atom is 0.330 e. The first-order valence-corrected chi connectivity index (χ1v) is 5.80. The van der Waals surface area contributed by atoms with Crippen molar-refractivity contribution in [2.45, 2.75) is 37.7 Å². The van der Waals surface area contributed by atoms with Crippen molar-refractivity contribution >= 4 is 0 Å². The maximum absolute atomic E-state index is 11.6. The molecule has 3 atom stereocenters. The standard InChI is InChI=1S/C11H16N2O5/c1-2-11(6-14)7(15)5-9(18-11)13-4-3-8(16)12-10(13)17/h3-4,7,9,14-15H,2,5-6H2,1H3,(H,12,16,17)/t7?,9-,11+/m0/s1. The lowest BCUT2D eigenvalue weighted by Gasteiger charge is -2.28. The SMILES string of the molecule is CC[C@]1(CO)O[C@H](n2ccc(=O)[nH]c2=O)CC1O. The summed E-state index contributed by atoms with van der Waals surface area (Å²) in [5.74, 6) is 0. The van der Waals surface area contributed by atoms with Gasteiger partial charge in [0.2, 0.25) is 0 Å². The minimum absolute atomic E-state index is 0.195. The summed E-state index contributed by atoms with van der Waals surface area (Å²) in [5, 5.41) is 19.3. The summed E-state index contributed by atoms with van der Waals surface area (Å²) in [6, 6.07) is 1.21. The second kappa shape index (κ2) is 4.68. The summed E-state index contributed by atoms with van der Waals surface area (Å²) in [4.78, 5) is 24.7. The van der Waals surface area contributed by atoms with Crippen molar-refractivity contribution < 1.29 is 14.9 Å². The summed E-state index contributed by atoms with van der Waals surface area (Å²) < 4.78 is 6.81. The highest BCUT2D eigenvalue weighted by Gasteiger charge is 2.47. The zero-order valence-corrected chi connectivity index (χ0v) is 10.00.